The minimum absolute atomic E-state index is 0.0646. The van der Waals surface area contributed by atoms with Gasteiger partial charge in [0.05, 0.1) is 0 Å². The van der Waals surface area contributed by atoms with Gasteiger partial charge >= 0.3 is 17.9 Å². The van der Waals surface area contributed by atoms with Gasteiger partial charge in [-0.15, -0.1) is 0 Å². The van der Waals surface area contributed by atoms with Crippen LogP contribution in [0, 0.1) is 11.8 Å². The van der Waals surface area contributed by atoms with E-state index < -0.39 is 6.10 Å². The maximum Gasteiger partial charge on any atom is 0.306 e. The molecule has 0 N–H and O–H groups in total. The molecule has 0 unspecified atom stereocenters. The van der Waals surface area contributed by atoms with Crippen molar-refractivity contribution >= 4 is 17.9 Å². The first-order valence-corrected chi connectivity index (χ1v) is 26.2. The van der Waals surface area contributed by atoms with Crippen LogP contribution in [0.25, 0.3) is 0 Å². The number of hydrogen-bond acceptors (Lipinski definition) is 6. The van der Waals surface area contributed by atoms with Crippen molar-refractivity contribution < 1.29 is 28.6 Å². The monoisotopic (exact) mass is 835 g/mol. The number of carbonyl (C=O) groups excluding carboxylic acids is 3. The van der Waals surface area contributed by atoms with Gasteiger partial charge < -0.3 is 14.2 Å². The highest BCUT2D eigenvalue weighted by Gasteiger charge is 2.19. The van der Waals surface area contributed by atoms with Crippen molar-refractivity contribution in [3.05, 3.63) is 0 Å². The lowest BCUT2D eigenvalue weighted by Crippen LogP contribution is -2.30. The van der Waals surface area contributed by atoms with Crippen molar-refractivity contribution in [3.63, 3.8) is 0 Å². The van der Waals surface area contributed by atoms with Crippen molar-refractivity contribution in [2.75, 3.05) is 13.2 Å². The number of hydrogen-bond donors (Lipinski definition) is 0. The lowest BCUT2D eigenvalue weighted by molar-refractivity contribution is -0.167. The average Bonchev–Trinajstić information content (AvgIpc) is 3.20. The van der Waals surface area contributed by atoms with Gasteiger partial charge in [-0.05, 0) is 31.1 Å². The number of unbranched alkanes of at least 4 members (excludes halogenated alkanes) is 32. The SMILES string of the molecule is CCCCCCCCCCCCCCCC(=O)OC[C@@H](COC(=O)CCCCCCCCCCCCCCCCCCC(C)C)OC(=O)CCCCCCCCC(C)C. The van der Waals surface area contributed by atoms with Crippen LogP contribution in [0.2, 0.25) is 0 Å². The highest BCUT2D eigenvalue weighted by molar-refractivity contribution is 5.71. The minimum atomic E-state index is -0.762. The molecule has 0 aromatic carbocycles. The molecule has 0 aliphatic heterocycles. The van der Waals surface area contributed by atoms with Gasteiger partial charge in [-0.2, -0.15) is 0 Å². The van der Waals surface area contributed by atoms with E-state index in [1.807, 2.05) is 0 Å². The second-order valence-electron chi connectivity index (χ2n) is 19.1. The number of ether oxygens (including phenoxy) is 3. The van der Waals surface area contributed by atoms with Crippen LogP contribution in [-0.4, -0.2) is 37.2 Å². The van der Waals surface area contributed by atoms with E-state index in [1.54, 1.807) is 0 Å². The van der Waals surface area contributed by atoms with E-state index in [-0.39, 0.29) is 31.1 Å². The molecule has 0 aliphatic carbocycles. The Morgan fingerprint density at radius 3 is 0.831 bits per heavy atom. The van der Waals surface area contributed by atoms with E-state index >= 15 is 0 Å². The molecule has 0 saturated heterocycles. The van der Waals surface area contributed by atoms with Gasteiger partial charge in [-0.25, -0.2) is 0 Å². The molecule has 0 amide bonds. The van der Waals surface area contributed by atoms with Crippen molar-refractivity contribution in [1.29, 1.82) is 0 Å². The first kappa shape index (κ1) is 57.4. The Bertz CT molecular complexity index is 900. The fourth-order valence-electron chi connectivity index (χ4n) is 7.99. The molecule has 0 fully saturated rings. The molecule has 59 heavy (non-hydrogen) atoms. The maximum atomic E-state index is 12.7. The predicted molar refractivity (Wildman–Crippen MR) is 252 cm³/mol. The zero-order valence-corrected chi connectivity index (χ0v) is 40.4. The van der Waals surface area contributed by atoms with Gasteiger partial charge in [-0.1, -0.05) is 253 Å². The van der Waals surface area contributed by atoms with Gasteiger partial charge in [-0.3, -0.25) is 14.4 Å². The first-order chi connectivity index (χ1) is 28.7. The van der Waals surface area contributed by atoms with E-state index in [4.69, 9.17) is 14.2 Å². The smallest absolute Gasteiger partial charge is 0.306 e. The molecule has 0 rings (SSSR count). The Morgan fingerprint density at radius 1 is 0.322 bits per heavy atom. The van der Waals surface area contributed by atoms with E-state index in [0.717, 1.165) is 69.6 Å². The third kappa shape index (κ3) is 47.3. The van der Waals surface area contributed by atoms with Crippen LogP contribution in [0.15, 0.2) is 0 Å². The van der Waals surface area contributed by atoms with Crippen LogP contribution in [0.4, 0.5) is 0 Å². The number of esters is 3. The summed E-state index contributed by atoms with van der Waals surface area (Å²) in [6.45, 7) is 11.3. The number of carbonyl (C=O) groups is 3. The molecule has 6 nitrogen and oxygen atoms in total. The lowest BCUT2D eigenvalue weighted by atomic mass is 10.0. The third-order valence-corrected chi connectivity index (χ3v) is 12.0. The maximum absolute atomic E-state index is 12.7. The van der Waals surface area contributed by atoms with Gasteiger partial charge in [0.15, 0.2) is 6.10 Å². The summed E-state index contributed by atoms with van der Waals surface area (Å²) in [5, 5.41) is 0. The van der Waals surface area contributed by atoms with E-state index in [0.29, 0.717) is 19.3 Å². The topological polar surface area (TPSA) is 78.9 Å². The van der Waals surface area contributed by atoms with Gasteiger partial charge in [0.2, 0.25) is 0 Å². The van der Waals surface area contributed by atoms with E-state index in [9.17, 15) is 14.4 Å². The molecule has 0 aromatic rings. The van der Waals surface area contributed by atoms with Crippen LogP contribution in [0.1, 0.15) is 291 Å². The molecule has 6 heteroatoms. The summed E-state index contributed by atoms with van der Waals surface area (Å²) in [6, 6.07) is 0. The van der Waals surface area contributed by atoms with Crippen molar-refractivity contribution in [2.45, 2.75) is 298 Å². The second-order valence-corrected chi connectivity index (χ2v) is 19.1. The Labute approximate surface area is 368 Å². The van der Waals surface area contributed by atoms with Crippen molar-refractivity contribution in [1.82, 2.24) is 0 Å². The zero-order chi connectivity index (χ0) is 43.3. The second kappa shape index (κ2) is 45.9. The molecule has 350 valence electrons. The molecule has 1 atom stereocenters. The summed E-state index contributed by atoms with van der Waals surface area (Å²) in [6.07, 6.45) is 46.8. The molecule has 0 aromatic heterocycles. The summed E-state index contributed by atoms with van der Waals surface area (Å²) in [4.78, 5) is 37.9. The Balaban J connectivity index is 4.20. The summed E-state index contributed by atoms with van der Waals surface area (Å²) in [5.41, 5.74) is 0. The van der Waals surface area contributed by atoms with E-state index in [1.165, 1.54) is 180 Å². The molecule has 0 spiro atoms. The summed E-state index contributed by atoms with van der Waals surface area (Å²) in [7, 11) is 0. The van der Waals surface area contributed by atoms with Gasteiger partial charge in [0, 0.05) is 19.3 Å². The largest absolute Gasteiger partial charge is 0.462 e. The summed E-state index contributed by atoms with van der Waals surface area (Å²) >= 11 is 0. The molecule has 0 radical (unpaired) electrons. The molecular formula is C53H102O6. The van der Waals surface area contributed by atoms with Gasteiger partial charge in [0.1, 0.15) is 13.2 Å². The van der Waals surface area contributed by atoms with Crippen LogP contribution >= 0.6 is 0 Å². The summed E-state index contributed by atoms with van der Waals surface area (Å²) < 4.78 is 16.8. The fraction of sp³-hybridized carbons (Fsp3) is 0.943. The minimum Gasteiger partial charge on any atom is -0.462 e. The van der Waals surface area contributed by atoms with Crippen LogP contribution in [0.3, 0.4) is 0 Å². The summed E-state index contributed by atoms with van der Waals surface area (Å²) in [5.74, 6) is 0.759. The molecule has 0 bridgehead atoms. The lowest BCUT2D eigenvalue weighted by Gasteiger charge is -2.18. The quantitative estimate of drug-likeness (QED) is 0.0345. The van der Waals surface area contributed by atoms with Crippen molar-refractivity contribution in [3.8, 4) is 0 Å². The van der Waals surface area contributed by atoms with Gasteiger partial charge in [0.25, 0.3) is 0 Å². The third-order valence-electron chi connectivity index (χ3n) is 12.0. The van der Waals surface area contributed by atoms with Crippen LogP contribution in [0.5, 0.6) is 0 Å². The average molecular weight is 835 g/mol. The van der Waals surface area contributed by atoms with Crippen molar-refractivity contribution in [2.24, 2.45) is 11.8 Å². The standard InChI is InChI=1S/C53H102O6/c1-6-7-8-9-10-11-12-17-21-24-27-33-38-43-51(54)57-46-50(59-53(56)45-40-35-30-29-32-37-42-49(4)5)47-58-52(55)44-39-34-28-25-22-19-16-14-13-15-18-20-23-26-31-36-41-48(2)3/h48-50H,6-47H2,1-5H3/t50-/m0/s1. The predicted octanol–water partition coefficient (Wildman–Crippen LogP) is 16.9. The normalized spacial score (nSPS) is 12.1. The Morgan fingerprint density at radius 2 is 0.559 bits per heavy atom. The Kier molecular flexibility index (Phi) is 44.7. The highest BCUT2D eigenvalue weighted by Crippen LogP contribution is 2.17. The number of rotatable bonds is 47. The van der Waals surface area contributed by atoms with Crippen LogP contribution in [-0.2, 0) is 28.6 Å². The highest BCUT2D eigenvalue weighted by atomic mass is 16.6. The first-order valence-electron chi connectivity index (χ1n) is 26.2. The zero-order valence-electron chi connectivity index (χ0n) is 40.4. The molecule has 0 saturated carbocycles. The Hall–Kier alpha value is -1.59. The molecule has 0 aliphatic rings. The molecule has 0 heterocycles. The van der Waals surface area contributed by atoms with Crippen LogP contribution < -0.4 is 0 Å². The van der Waals surface area contributed by atoms with E-state index in [2.05, 4.69) is 34.6 Å². The molecular weight excluding hydrogens is 733 g/mol. The fourth-order valence-corrected chi connectivity index (χ4v) is 7.99.